The Balaban J connectivity index is 4.72. The molecule has 0 rings (SSSR count). The Kier molecular flexibility index (Phi) is 7.30. The van der Waals surface area contributed by atoms with Crippen LogP contribution in [0.2, 0.25) is 0 Å². The van der Waals surface area contributed by atoms with Crippen LogP contribution in [-0.2, 0) is 9.59 Å². The third-order valence-electron chi connectivity index (χ3n) is 2.52. The van der Waals surface area contributed by atoms with Crippen LogP contribution >= 0.6 is 0 Å². The van der Waals surface area contributed by atoms with Gasteiger partial charge in [0.05, 0.1) is 0 Å². The Morgan fingerprint density at radius 3 is 1.40 bits per heavy atom. The Hall–Kier alpha value is -1.54. The van der Waals surface area contributed by atoms with Crippen molar-refractivity contribution in [2.45, 2.75) is 38.8 Å². The van der Waals surface area contributed by atoms with Gasteiger partial charge in [-0.1, -0.05) is 0 Å². The quantitative estimate of drug-likeness (QED) is 0.432. The van der Waals surface area contributed by atoms with Crippen LogP contribution in [0.3, 0.4) is 0 Å². The number of amides is 2. The van der Waals surface area contributed by atoms with Crippen molar-refractivity contribution in [3.05, 3.63) is 0 Å². The molecule has 0 heterocycles. The number of carbonyl (C=O) groups excluding carboxylic acids is 2. The number of hydrogen-bond acceptors (Lipinski definition) is 6. The summed E-state index contributed by atoms with van der Waals surface area (Å²) in [6.07, 6.45) is 0. The lowest BCUT2D eigenvalue weighted by molar-refractivity contribution is -0.127. The standard InChI is InChI=1S/C12H26N6O2/c1-11(2,9(19)15-7-5-13)17-18-12(3,4)10(20)16-8-6-14/h5-8,13-14H2,1-4H3,(H,15,19)(H,16,20). The van der Waals surface area contributed by atoms with Crippen molar-refractivity contribution in [2.75, 3.05) is 26.2 Å². The number of carbonyl (C=O) groups is 2. The monoisotopic (exact) mass is 286 g/mol. The second kappa shape index (κ2) is 7.91. The van der Waals surface area contributed by atoms with E-state index in [2.05, 4.69) is 20.9 Å². The van der Waals surface area contributed by atoms with Gasteiger partial charge in [0.25, 0.3) is 0 Å². The number of hydrogen-bond donors (Lipinski definition) is 4. The van der Waals surface area contributed by atoms with Gasteiger partial charge in [-0.25, -0.2) is 0 Å². The summed E-state index contributed by atoms with van der Waals surface area (Å²) in [7, 11) is 0. The molecule has 8 nitrogen and oxygen atoms in total. The molecular formula is C12H26N6O2. The predicted molar refractivity (Wildman–Crippen MR) is 77.1 cm³/mol. The van der Waals surface area contributed by atoms with Gasteiger partial charge in [-0.05, 0) is 27.7 Å². The van der Waals surface area contributed by atoms with E-state index in [0.717, 1.165) is 0 Å². The van der Waals surface area contributed by atoms with Gasteiger partial charge in [0.2, 0.25) is 11.8 Å². The van der Waals surface area contributed by atoms with E-state index in [9.17, 15) is 9.59 Å². The molecule has 116 valence electrons. The van der Waals surface area contributed by atoms with E-state index in [1.54, 1.807) is 27.7 Å². The molecule has 0 radical (unpaired) electrons. The summed E-state index contributed by atoms with van der Waals surface area (Å²) >= 11 is 0. The van der Waals surface area contributed by atoms with E-state index in [4.69, 9.17) is 11.5 Å². The van der Waals surface area contributed by atoms with Crippen molar-refractivity contribution in [1.29, 1.82) is 0 Å². The van der Waals surface area contributed by atoms with Gasteiger partial charge < -0.3 is 22.1 Å². The second-order valence-electron chi connectivity index (χ2n) is 5.41. The van der Waals surface area contributed by atoms with Gasteiger partial charge in [0, 0.05) is 26.2 Å². The van der Waals surface area contributed by atoms with Crippen LogP contribution in [0.25, 0.3) is 0 Å². The van der Waals surface area contributed by atoms with Crippen LogP contribution in [0.5, 0.6) is 0 Å². The average Bonchev–Trinajstić information content (AvgIpc) is 2.39. The zero-order chi connectivity index (χ0) is 15.8. The van der Waals surface area contributed by atoms with Crippen molar-refractivity contribution in [3.63, 3.8) is 0 Å². The zero-order valence-corrected chi connectivity index (χ0v) is 12.7. The fraction of sp³-hybridized carbons (Fsp3) is 0.833. The van der Waals surface area contributed by atoms with Crippen molar-refractivity contribution >= 4 is 11.8 Å². The fourth-order valence-corrected chi connectivity index (χ4v) is 1.14. The molecule has 0 aromatic carbocycles. The number of nitrogens with two attached hydrogens (primary N) is 2. The number of rotatable bonds is 8. The minimum atomic E-state index is -1.05. The maximum Gasteiger partial charge on any atom is 0.249 e. The lowest BCUT2D eigenvalue weighted by Crippen LogP contribution is -2.45. The topological polar surface area (TPSA) is 135 Å². The van der Waals surface area contributed by atoms with E-state index in [1.807, 2.05) is 0 Å². The maximum absolute atomic E-state index is 11.8. The van der Waals surface area contributed by atoms with Gasteiger partial charge in [0.15, 0.2) is 11.1 Å². The summed E-state index contributed by atoms with van der Waals surface area (Å²) in [5.41, 5.74) is 8.53. The lowest BCUT2D eigenvalue weighted by Gasteiger charge is -2.22. The molecule has 8 heteroatoms. The third kappa shape index (κ3) is 6.07. The van der Waals surface area contributed by atoms with E-state index < -0.39 is 11.1 Å². The molecule has 0 unspecified atom stereocenters. The van der Waals surface area contributed by atoms with Crippen LogP contribution in [0.4, 0.5) is 0 Å². The van der Waals surface area contributed by atoms with Crippen molar-refractivity contribution in [2.24, 2.45) is 21.7 Å². The molecule has 0 aliphatic heterocycles. The van der Waals surface area contributed by atoms with E-state index in [0.29, 0.717) is 26.2 Å². The lowest BCUT2D eigenvalue weighted by atomic mass is 10.0. The highest BCUT2D eigenvalue weighted by atomic mass is 16.2. The first-order valence-corrected chi connectivity index (χ1v) is 6.58. The van der Waals surface area contributed by atoms with Gasteiger partial charge >= 0.3 is 0 Å². The first kappa shape index (κ1) is 18.5. The molecule has 0 aromatic heterocycles. The van der Waals surface area contributed by atoms with E-state index >= 15 is 0 Å². The van der Waals surface area contributed by atoms with Crippen LogP contribution < -0.4 is 22.1 Å². The van der Waals surface area contributed by atoms with E-state index in [1.165, 1.54) is 0 Å². The first-order chi connectivity index (χ1) is 9.17. The van der Waals surface area contributed by atoms with Crippen LogP contribution in [-0.4, -0.2) is 49.1 Å². The Morgan fingerprint density at radius 1 is 0.850 bits per heavy atom. The van der Waals surface area contributed by atoms with Crippen molar-refractivity contribution in [1.82, 2.24) is 10.6 Å². The number of nitrogens with zero attached hydrogens (tertiary/aromatic N) is 2. The fourth-order valence-electron chi connectivity index (χ4n) is 1.14. The second-order valence-corrected chi connectivity index (χ2v) is 5.41. The number of azo groups is 1. The van der Waals surface area contributed by atoms with Gasteiger partial charge in [0.1, 0.15) is 0 Å². The molecule has 0 saturated heterocycles. The Labute approximate surface area is 119 Å². The van der Waals surface area contributed by atoms with Gasteiger partial charge in [-0.2, -0.15) is 10.2 Å². The van der Waals surface area contributed by atoms with E-state index in [-0.39, 0.29) is 11.8 Å². The maximum atomic E-state index is 11.8. The van der Waals surface area contributed by atoms with Crippen molar-refractivity contribution in [3.8, 4) is 0 Å². The molecule has 0 aromatic rings. The molecule has 0 aliphatic carbocycles. The molecule has 0 fully saturated rings. The molecule has 20 heavy (non-hydrogen) atoms. The summed E-state index contributed by atoms with van der Waals surface area (Å²) in [6, 6.07) is 0. The summed E-state index contributed by atoms with van der Waals surface area (Å²) < 4.78 is 0. The van der Waals surface area contributed by atoms with Crippen LogP contribution in [0.1, 0.15) is 27.7 Å². The largest absolute Gasteiger partial charge is 0.353 e. The normalized spacial score (nSPS) is 12.5. The smallest absolute Gasteiger partial charge is 0.249 e. The number of nitrogens with one attached hydrogen (secondary N) is 2. The Bertz CT molecular complexity index is 331. The molecule has 0 saturated carbocycles. The average molecular weight is 286 g/mol. The highest BCUT2D eigenvalue weighted by molar-refractivity contribution is 5.86. The summed E-state index contributed by atoms with van der Waals surface area (Å²) in [5.74, 6) is -0.574. The third-order valence-corrected chi connectivity index (χ3v) is 2.52. The molecule has 0 spiro atoms. The molecule has 0 aliphatic rings. The zero-order valence-electron chi connectivity index (χ0n) is 12.7. The van der Waals surface area contributed by atoms with Crippen LogP contribution in [0.15, 0.2) is 10.2 Å². The molecule has 0 atom stereocenters. The summed E-state index contributed by atoms with van der Waals surface area (Å²) in [5, 5.41) is 13.3. The molecular weight excluding hydrogens is 260 g/mol. The highest BCUT2D eigenvalue weighted by Crippen LogP contribution is 2.16. The highest BCUT2D eigenvalue weighted by Gasteiger charge is 2.31. The minimum Gasteiger partial charge on any atom is -0.353 e. The van der Waals surface area contributed by atoms with Crippen LogP contribution in [0, 0.1) is 0 Å². The SMILES string of the molecule is CC(C)(N=NC(C)(C)C(=O)NCCN)C(=O)NCCN. The summed E-state index contributed by atoms with van der Waals surface area (Å²) in [4.78, 5) is 23.7. The van der Waals surface area contributed by atoms with Crippen molar-refractivity contribution < 1.29 is 9.59 Å². The molecule has 0 bridgehead atoms. The first-order valence-electron chi connectivity index (χ1n) is 6.58. The Morgan fingerprint density at radius 2 is 1.15 bits per heavy atom. The predicted octanol–water partition coefficient (Wildman–Crippen LogP) is -0.854. The summed E-state index contributed by atoms with van der Waals surface area (Å²) in [6.45, 7) is 7.94. The van der Waals surface area contributed by atoms with Gasteiger partial charge in [-0.15, -0.1) is 0 Å². The minimum absolute atomic E-state index is 0.287. The van der Waals surface area contributed by atoms with Gasteiger partial charge in [-0.3, -0.25) is 9.59 Å². The molecule has 6 N–H and O–H groups in total. The molecule has 2 amide bonds.